The van der Waals surface area contributed by atoms with Crippen molar-refractivity contribution in [1.82, 2.24) is 20.5 Å². The maximum Gasteiger partial charge on any atom is 0.315 e. The van der Waals surface area contributed by atoms with Crippen molar-refractivity contribution in [3.63, 3.8) is 0 Å². The fraction of sp³-hybridized carbons (Fsp3) is 0.684. The molecule has 0 radical (unpaired) electrons. The molecule has 1 unspecified atom stereocenters. The molecule has 25 heavy (non-hydrogen) atoms. The van der Waals surface area contributed by atoms with Crippen molar-refractivity contribution in [1.29, 1.82) is 0 Å². The summed E-state index contributed by atoms with van der Waals surface area (Å²) in [4.78, 5) is 29.4. The number of carbonyl (C=O) groups is 1. The van der Waals surface area contributed by atoms with Gasteiger partial charge in [0.05, 0.1) is 0 Å². The fourth-order valence-corrected chi connectivity index (χ4v) is 3.16. The second kappa shape index (κ2) is 8.52. The van der Waals surface area contributed by atoms with E-state index in [1.165, 1.54) is 12.8 Å². The first-order valence-electron chi connectivity index (χ1n) is 9.18. The van der Waals surface area contributed by atoms with Crippen molar-refractivity contribution >= 4 is 6.03 Å². The molecule has 1 atom stereocenters. The van der Waals surface area contributed by atoms with Crippen LogP contribution in [0.3, 0.4) is 0 Å². The molecule has 0 aliphatic carbocycles. The lowest BCUT2D eigenvalue weighted by Gasteiger charge is -2.20. The maximum atomic E-state index is 12.1. The molecule has 0 spiro atoms. The molecule has 1 aromatic heterocycles. The van der Waals surface area contributed by atoms with E-state index in [1.54, 1.807) is 6.07 Å². The zero-order valence-corrected chi connectivity index (χ0v) is 15.9. The molecule has 2 rings (SSSR count). The molecule has 1 aliphatic rings. The van der Waals surface area contributed by atoms with Crippen molar-refractivity contribution in [3.8, 4) is 0 Å². The van der Waals surface area contributed by atoms with Gasteiger partial charge in [0.15, 0.2) is 0 Å². The first-order valence-corrected chi connectivity index (χ1v) is 9.18. The number of nitrogens with one attached hydrogen (secondary N) is 3. The number of amides is 2. The number of aromatic nitrogens is 1. The van der Waals surface area contributed by atoms with Crippen LogP contribution in [-0.4, -0.2) is 42.6 Å². The number of aromatic amines is 1. The maximum absolute atomic E-state index is 12.1. The predicted molar refractivity (Wildman–Crippen MR) is 101 cm³/mol. The van der Waals surface area contributed by atoms with Crippen LogP contribution >= 0.6 is 0 Å². The van der Waals surface area contributed by atoms with Gasteiger partial charge in [0.1, 0.15) is 0 Å². The Labute approximate surface area is 150 Å². The zero-order valence-electron chi connectivity index (χ0n) is 15.9. The number of carbonyl (C=O) groups excluding carboxylic acids is 1. The molecule has 3 N–H and O–H groups in total. The van der Waals surface area contributed by atoms with Crippen LogP contribution in [0.15, 0.2) is 16.9 Å². The van der Waals surface area contributed by atoms with Crippen LogP contribution < -0.4 is 16.2 Å². The summed E-state index contributed by atoms with van der Waals surface area (Å²) in [7, 11) is 2.13. The van der Waals surface area contributed by atoms with Gasteiger partial charge in [0, 0.05) is 36.3 Å². The molecule has 140 valence electrons. The van der Waals surface area contributed by atoms with Crippen LogP contribution in [0.2, 0.25) is 0 Å². The SMILES string of the molecule is CN1CCCCC(CNC(=O)NCc2ccc(C(C)(C)C)[nH]c2=O)C1. The quantitative estimate of drug-likeness (QED) is 0.781. The van der Waals surface area contributed by atoms with Crippen molar-refractivity contribution in [2.24, 2.45) is 5.92 Å². The standard InChI is InChI=1S/C19H32N4O2/c1-19(2,3)16-9-8-15(17(24)22-16)12-21-18(25)20-11-14-7-5-6-10-23(4)13-14/h8-9,14H,5-7,10-13H2,1-4H3,(H,22,24)(H2,20,21,25). The summed E-state index contributed by atoms with van der Waals surface area (Å²) in [5.41, 5.74) is 1.22. The van der Waals surface area contributed by atoms with Crippen molar-refractivity contribution in [2.75, 3.05) is 26.7 Å². The molecular weight excluding hydrogens is 316 g/mol. The van der Waals surface area contributed by atoms with E-state index in [0.717, 1.165) is 25.2 Å². The molecule has 2 heterocycles. The van der Waals surface area contributed by atoms with Crippen molar-refractivity contribution < 1.29 is 4.79 Å². The van der Waals surface area contributed by atoms with E-state index >= 15 is 0 Å². The minimum absolute atomic E-state index is 0.103. The minimum Gasteiger partial charge on any atom is -0.338 e. The monoisotopic (exact) mass is 348 g/mol. The number of pyridine rings is 1. The van der Waals surface area contributed by atoms with Gasteiger partial charge >= 0.3 is 6.03 Å². The number of H-pyrrole nitrogens is 1. The first kappa shape index (κ1) is 19.5. The topological polar surface area (TPSA) is 77.2 Å². The lowest BCUT2D eigenvalue weighted by Crippen LogP contribution is -2.40. The van der Waals surface area contributed by atoms with Crippen LogP contribution in [-0.2, 0) is 12.0 Å². The molecule has 0 bridgehead atoms. The van der Waals surface area contributed by atoms with Crippen LogP contribution in [0.5, 0.6) is 0 Å². The third-order valence-corrected chi connectivity index (χ3v) is 4.76. The molecule has 1 aromatic rings. The third-order valence-electron chi connectivity index (χ3n) is 4.76. The van der Waals surface area contributed by atoms with E-state index in [0.29, 0.717) is 18.0 Å². The van der Waals surface area contributed by atoms with Crippen LogP contribution in [0.25, 0.3) is 0 Å². The number of hydrogen-bond donors (Lipinski definition) is 3. The summed E-state index contributed by atoms with van der Waals surface area (Å²) >= 11 is 0. The Bertz CT molecular complexity index is 633. The number of rotatable bonds is 4. The molecular formula is C19H32N4O2. The Morgan fingerprint density at radius 2 is 2.04 bits per heavy atom. The highest BCUT2D eigenvalue weighted by Gasteiger charge is 2.17. The first-order chi connectivity index (χ1) is 11.8. The highest BCUT2D eigenvalue weighted by Crippen LogP contribution is 2.18. The molecule has 6 nitrogen and oxygen atoms in total. The molecule has 1 saturated heterocycles. The fourth-order valence-electron chi connectivity index (χ4n) is 3.16. The summed E-state index contributed by atoms with van der Waals surface area (Å²) in [6.07, 6.45) is 3.60. The summed E-state index contributed by atoms with van der Waals surface area (Å²) in [6, 6.07) is 3.49. The second-order valence-electron chi connectivity index (χ2n) is 8.16. The van der Waals surface area contributed by atoms with E-state index in [9.17, 15) is 9.59 Å². The van der Waals surface area contributed by atoms with Gasteiger partial charge in [-0.05, 0) is 44.5 Å². The Kier molecular flexibility index (Phi) is 6.64. The summed E-state index contributed by atoms with van der Waals surface area (Å²) in [5, 5.41) is 5.72. The van der Waals surface area contributed by atoms with Gasteiger partial charge in [0.25, 0.3) is 5.56 Å². The van der Waals surface area contributed by atoms with E-state index in [2.05, 4.69) is 48.3 Å². The van der Waals surface area contributed by atoms with Crippen LogP contribution in [0, 0.1) is 5.92 Å². The highest BCUT2D eigenvalue weighted by atomic mass is 16.2. The van der Waals surface area contributed by atoms with Gasteiger partial charge in [-0.25, -0.2) is 4.79 Å². The third kappa shape index (κ3) is 6.20. The number of nitrogens with zero attached hydrogens (tertiary/aromatic N) is 1. The smallest absolute Gasteiger partial charge is 0.315 e. The molecule has 6 heteroatoms. The van der Waals surface area contributed by atoms with E-state index < -0.39 is 0 Å². The van der Waals surface area contributed by atoms with Gasteiger partial charge < -0.3 is 20.5 Å². The molecule has 1 aliphatic heterocycles. The van der Waals surface area contributed by atoms with Gasteiger partial charge in [-0.1, -0.05) is 27.2 Å². The second-order valence-corrected chi connectivity index (χ2v) is 8.16. The Morgan fingerprint density at radius 3 is 2.72 bits per heavy atom. The number of urea groups is 1. The van der Waals surface area contributed by atoms with Gasteiger partial charge in [-0.2, -0.15) is 0 Å². The van der Waals surface area contributed by atoms with E-state index in [4.69, 9.17) is 0 Å². The van der Waals surface area contributed by atoms with Gasteiger partial charge in [0.2, 0.25) is 0 Å². The van der Waals surface area contributed by atoms with Crippen molar-refractivity contribution in [3.05, 3.63) is 33.7 Å². The summed E-state index contributed by atoms with van der Waals surface area (Å²) < 4.78 is 0. The number of hydrogen-bond acceptors (Lipinski definition) is 3. The summed E-state index contributed by atoms with van der Waals surface area (Å²) in [6.45, 7) is 9.22. The average molecular weight is 348 g/mol. The zero-order chi connectivity index (χ0) is 18.4. The normalized spacial score (nSPS) is 19.3. The molecule has 0 aromatic carbocycles. The van der Waals surface area contributed by atoms with Crippen LogP contribution in [0.1, 0.15) is 51.3 Å². The Morgan fingerprint density at radius 1 is 1.28 bits per heavy atom. The van der Waals surface area contributed by atoms with Gasteiger partial charge in [-0.3, -0.25) is 4.79 Å². The number of likely N-dealkylation sites (tertiary alicyclic amines) is 1. The molecule has 0 saturated carbocycles. The predicted octanol–water partition coefficient (Wildman–Crippen LogP) is 2.20. The molecule has 2 amide bonds. The Hall–Kier alpha value is -1.82. The Balaban J connectivity index is 1.81. The lowest BCUT2D eigenvalue weighted by atomic mass is 9.91. The lowest BCUT2D eigenvalue weighted by molar-refractivity contribution is 0.235. The molecule has 1 fully saturated rings. The van der Waals surface area contributed by atoms with Gasteiger partial charge in [-0.15, -0.1) is 0 Å². The highest BCUT2D eigenvalue weighted by molar-refractivity contribution is 5.73. The largest absolute Gasteiger partial charge is 0.338 e. The van der Waals surface area contributed by atoms with Crippen molar-refractivity contribution in [2.45, 2.75) is 52.0 Å². The minimum atomic E-state index is -0.216. The van der Waals surface area contributed by atoms with E-state index in [1.807, 2.05) is 6.07 Å². The van der Waals surface area contributed by atoms with Crippen LogP contribution in [0.4, 0.5) is 4.79 Å². The summed E-state index contributed by atoms with van der Waals surface area (Å²) in [5.74, 6) is 0.493. The average Bonchev–Trinajstić information content (AvgIpc) is 2.75. The van der Waals surface area contributed by atoms with E-state index in [-0.39, 0.29) is 23.6 Å².